The first-order chi connectivity index (χ1) is 15.4. The van der Waals surface area contributed by atoms with Crippen LogP contribution >= 0.6 is 11.6 Å². The summed E-state index contributed by atoms with van der Waals surface area (Å²) < 4.78 is 69.4. The van der Waals surface area contributed by atoms with Crippen molar-refractivity contribution < 1.29 is 32.0 Å². The molecule has 0 unspecified atom stereocenters. The number of carbonyl (C=O) groups is 1. The van der Waals surface area contributed by atoms with E-state index >= 15 is 0 Å². The second kappa shape index (κ2) is 9.42. The topological polar surface area (TPSA) is 91.0 Å². The number of amidine groups is 1. The lowest BCUT2D eigenvalue weighted by Gasteiger charge is -2.27. The van der Waals surface area contributed by atoms with Crippen LogP contribution in [0.4, 0.5) is 33.3 Å². The number of carbonyl (C=O) groups excluding carboxylic acids is 1. The summed E-state index contributed by atoms with van der Waals surface area (Å²) in [7, 11) is 0. The van der Waals surface area contributed by atoms with E-state index in [2.05, 4.69) is 10.5 Å². The number of amides is 1. The van der Waals surface area contributed by atoms with E-state index in [0.29, 0.717) is 0 Å². The molecule has 4 N–H and O–H groups in total. The summed E-state index contributed by atoms with van der Waals surface area (Å²) >= 11 is 5.84. The van der Waals surface area contributed by atoms with Crippen molar-refractivity contribution in [1.82, 2.24) is 0 Å². The van der Waals surface area contributed by atoms with Gasteiger partial charge < -0.3 is 21.2 Å². The van der Waals surface area contributed by atoms with Gasteiger partial charge in [0.15, 0.2) is 5.84 Å². The zero-order valence-electron chi connectivity index (χ0n) is 17.1. The van der Waals surface area contributed by atoms with Crippen molar-refractivity contribution in [3.8, 4) is 0 Å². The smallest absolute Gasteiger partial charge is 0.409 e. The van der Waals surface area contributed by atoms with E-state index in [1.54, 1.807) is 0 Å². The molecule has 0 saturated carbocycles. The standard InChI is InChI=1S/C21H20ClF5N4O2/c22-14-5-6-15(31-9-2-7-20(23,24)8-10-31)16(17(14)21(25,26)27)19(32)29-13-4-1-3-12(11-13)18(28)30-33/h1,3-6,11,33H,2,7-10H2,(H2,28,30)(H,29,32). The molecule has 0 spiro atoms. The Morgan fingerprint density at radius 2 is 1.91 bits per heavy atom. The highest BCUT2D eigenvalue weighted by atomic mass is 35.5. The molecule has 0 aromatic heterocycles. The highest BCUT2D eigenvalue weighted by Gasteiger charge is 2.41. The maximum Gasteiger partial charge on any atom is 0.418 e. The number of rotatable bonds is 4. The van der Waals surface area contributed by atoms with E-state index in [9.17, 15) is 26.7 Å². The number of benzene rings is 2. The number of alkyl halides is 5. The summed E-state index contributed by atoms with van der Waals surface area (Å²) in [6.07, 6.45) is -5.89. The predicted octanol–water partition coefficient (Wildman–Crippen LogP) is 5.33. The largest absolute Gasteiger partial charge is 0.418 e. The van der Waals surface area contributed by atoms with Crippen molar-refractivity contribution in [3.05, 3.63) is 58.1 Å². The fraction of sp³-hybridized carbons (Fsp3) is 0.333. The predicted molar refractivity (Wildman–Crippen MR) is 114 cm³/mol. The molecule has 2 aromatic rings. The Morgan fingerprint density at radius 1 is 1.18 bits per heavy atom. The average Bonchev–Trinajstić information content (AvgIpc) is 2.92. The summed E-state index contributed by atoms with van der Waals surface area (Å²) in [5.74, 6) is -4.34. The molecular weight excluding hydrogens is 471 g/mol. The van der Waals surface area contributed by atoms with Crippen LogP contribution in [0.1, 0.15) is 40.7 Å². The molecule has 1 saturated heterocycles. The van der Waals surface area contributed by atoms with E-state index in [1.807, 2.05) is 0 Å². The molecule has 1 fully saturated rings. The number of hydrogen-bond acceptors (Lipinski definition) is 4. The number of hydrogen-bond donors (Lipinski definition) is 3. The van der Waals surface area contributed by atoms with Crippen LogP contribution in [-0.4, -0.2) is 36.0 Å². The van der Waals surface area contributed by atoms with Gasteiger partial charge in [-0.2, -0.15) is 13.2 Å². The Kier molecular flexibility index (Phi) is 7.01. The Balaban J connectivity index is 2.07. The van der Waals surface area contributed by atoms with E-state index in [-0.39, 0.29) is 42.3 Å². The van der Waals surface area contributed by atoms with Gasteiger partial charge in [0, 0.05) is 37.2 Å². The normalized spacial score (nSPS) is 16.9. The van der Waals surface area contributed by atoms with Crippen molar-refractivity contribution in [3.63, 3.8) is 0 Å². The molecule has 0 bridgehead atoms. The van der Waals surface area contributed by atoms with Crippen molar-refractivity contribution in [2.24, 2.45) is 10.9 Å². The van der Waals surface area contributed by atoms with Gasteiger partial charge in [-0.3, -0.25) is 4.79 Å². The van der Waals surface area contributed by atoms with Gasteiger partial charge in [0.05, 0.1) is 21.8 Å². The van der Waals surface area contributed by atoms with Gasteiger partial charge in [-0.05, 0) is 30.7 Å². The zero-order valence-corrected chi connectivity index (χ0v) is 17.9. The van der Waals surface area contributed by atoms with Crippen LogP contribution in [0.3, 0.4) is 0 Å². The van der Waals surface area contributed by atoms with Crippen molar-refractivity contribution in [1.29, 1.82) is 0 Å². The van der Waals surface area contributed by atoms with Crippen LogP contribution in [0.2, 0.25) is 5.02 Å². The first kappa shape index (κ1) is 24.6. The van der Waals surface area contributed by atoms with Crippen LogP contribution in [0.25, 0.3) is 0 Å². The van der Waals surface area contributed by atoms with Gasteiger partial charge in [-0.1, -0.05) is 28.9 Å². The molecule has 12 heteroatoms. The van der Waals surface area contributed by atoms with Crippen molar-refractivity contribution in [2.75, 3.05) is 23.3 Å². The second-order valence-corrected chi connectivity index (χ2v) is 7.94. The molecule has 1 amide bonds. The van der Waals surface area contributed by atoms with Crippen LogP contribution in [0.5, 0.6) is 0 Å². The monoisotopic (exact) mass is 490 g/mol. The minimum Gasteiger partial charge on any atom is -0.409 e. The summed E-state index contributed by atoms with van der Waals surface area (Å²) in [4.78, 5) is 14.4. The van der Waals surface area contributed by atoms with Gasteiger partial charge in [0.1, 0.15) is 0 Å². The third-order valence-corrected chi connectivity index (χ3v) is 5.54. The number of nitrogens with two attached hydrogens (primary N) is 1. The number of nitrogens with zero attached hydrogens (tertiary/aromatic N) is 2. The number of oxime groups is 1. The first-order valence-corrected chi connectivity index (χ1v) is 10.2. The molecule has 0 atom stereocenters. The maximum atomic E-state index is 13.9. The summed E-state index contributed by atoms with van der Waals surface area (Å²) in [6.45, 7) is -0.182. The van der Waals surface area contributed by atoms with Crippen LogP contribution < -0.4 is 16.0 Å². The molecule has 3 rings (SSSR count). The molecule has 6 nitrogen and oxygen atoms in total. The van der Waals surface area contributed by atoms with Crippen molar-refractivity contribution >= 4 is 34.7 Å². The molecule has 0 radical (unpaired) electrons. The van der Waals surface area contributed by atoms with Crippen LogP contribution in [0.15, 0.2) is 41.6 Å². The molecule has 178 valence electrons. The third-order valence-electron chi connectivity index (χ3n) is 5.23. The lowest BCUT2D eigenvalue weighted by atomic mass is 10.0. The zero-order chi connectivity index (χ0) is 24.4. The van der Waals surface area contributed by atoms with Crippen LogP contribution in [0, 0.1) is 0 Å². The first-order valence-electron chi connectivity index (χ1n) is 9.85. The summed E-state index contributed by atoms with van der Waals surface area (Å²) in [5, 5.41) is 13.3. The van der Waals surface area contributed by atoms with E-state index in [1.165, 1.54) is 35.2 Å². The van der Waals surface area contributed by atoms with Gasteiger partial charge in [0.25, 0.3) is 5.91 Å². The van der Waals surface area contributed by atoms with E-state index in [0.717, 1.165) is 6.07 Å². The Labute approximate surface area is 190 Å². The Morgan fingerprint density at radius 3 is 2.58 bits per heavy atom. The lowest BCUT2D eigenvalue weighted by Crippen LogP contribution is -2.30. The van der Waals surface area contributed by atoms with Gasteiger partial charge in [-0.25, -0.2) is 8.78 Å². The summed E-state index contributed by atoms with van der Waals surface area (Å²) in [5.41, 5.74) is 3.54. The fourth-order valence-corrected chi connectivity index (χ4v) is 3.91. The molecule has 2 aromatic carbocycles. The SMILES string of the molecule is NC(=NO)c1cccc(NC(=O)c2c(N3CCCC(F)(F)CC3)ccc(Cl)c2C(F)(F)F)c1. The molecule has 33 heavy (non-hydrogen) atoms. The average molecular weight is 491 g/mol. The summed E-state index contributed by atoms with van der Waals surface area (Å²) in [6, 6.07) is 7.84. The van der Waals surface area contributed by atoms with E-state index in [4.69, 9.17) is 22.5 Å². The van der Waals surface area contributed by atoms with Gasteiger partial charge >= 0.3 is 6.18 Å². The number of halogens is 6. The van der Waals surface area contributed by atoms with Crippen LogP contribution in [-0.2, 0) is 6.18 Å². The maximum absolute atomic E-state index is 13.9. The van der Waals surface area contributed by atoms with Gasteiger partial charge in [-0.15, -0.1) is 0 Å². The quantitative estimate of drug-likeness (QED) is 0.178. The molecule has 0 aliphatic carbocycles. The molecule has 1 aliphatic heterocycles. The Bertz CT molecular complexity index is 1080. The minimum atomic E-state index is -4.98. The number of nitrogens with one attached hydrogen (secondary N) is 1. The second-order valence-electron chi connectivity index (χ2n) is 7.53. The fourth-order valence-electron chi connectivity index (χ4n) is 3.65. The third kappa shape index (κ3) is 5.65. The highest BCUT2D eigenvalue weighted by molar-refractivity contribution is 6.32. The van der Waals surface area contributed by atoms with E-state index < -0.39 is 47.0 Å². The minimum absolute atomic E-state index is 0.0415. The van der Waals surface area contributed by atoms with Gasteiger partial charge in [0.2, 0.25) is 5.92 Å². The molecular formula is C21H20ClF5N4O2. The van der Waals surface area contributed by atoms with Crippen molar-refractivity contribution in [2.45, 2.75) is 31.4 Å². The highest BCUT2D eigenvalue weighted by Crippen LogP contribution is 2.42. The molecule has 1 heterocycles. The molecule has 1 aliphatic rings. The Hall–Kier alpha value is -3.08. The number of anilines is 2. The lowest BCUT2D eigenvalue weighted by molar-refractivity contribution is -0.137.